The Balaban J connectivity index is 0.00000258. The van der Waals surface area contributed by atoms with Gasteiger partial charge in [0.25, 0.3) is 0 Å². The van der Waals surface area contributed by atoms with Gasteiger partial charge < -0.3 is 14.4 Å². The second-order valence-electron chi connectivity index (χ2n) is 7.70. The monoisotopic (exact) mass is 465 g/mol. The highest BCUT2D eigenvalue weighted by atomic mass is 16.5. The van der Waals surface area contributed by atoms with Gasteiger partial charge in [0, 0.05) is 12.7 Å². The molecule has 0 spiro atoms. The van der Waals surface area contributed by atoms with Crippen molar-refractivity contribution in [1.82, 2.24) is 4.90 Å². The highest BCUT2D eigenvalue weighted by Gasteiger charge is 2.19. The summed E-state index contributed by atoms with van der Waals surface area (Å²) >= 11 is 0. The van der Waals surface area contributed by atoms with E-state index in [0.29, 0.717) is 5.76 Å². The van der Waals surface area contributed by atoms with Crippen LogP contribution in [0, 0.1) is 0 Å². The van der Waals surface area contributed by atoms with Crippen LogP contribution < -0.4 is 9.47 Å². The minimum Gasteiger partial charge on any atom is -0.497 e. The Morgan fingerprint density at radius 3 is 1.82 bits per heavy atom. The molecule has 3 heteroatoms. The predicted molar refractivity (Wildman–Crippen MR) is 150 cm³/mol. The molecule has 0 bridgehead atoms. The largest absolute Gasteiger partial charge is 0.497 e. The molecule has 0 aliphatic carbocycles. The van der Waals surface area contributed by atoms with Crippen molar-refractivity contribution in [2.75, 3.05) is 14.2 Å². The first-order valence-corrected chi connectivity index (χ1v) is 12.5. The molecule has 1 atom stereocenters. The van der Waals surface area contributed by atoms with E-state index in [-0.39, 0.29) is 6.04 Å². The average molecular weight is 466 g/mol. The molecule has 0 fully saturated rings. The molecule has 0 aliphatic rings. The van der Waals surface area contributed by atoms with Gasteiger partial charge in [-0.05, 0) is 68.0 Å². The predicted octanol–water partition coefficient (Wildman–Crippen LogP) is 8.62. The van der Waals surface area contributed by atoms with E-state index in [1.54, 1.807) is 7.11 Å². The van der Waals surface area contributed by atoms with E-state index in [4.69, 9.17) is 9.47 Å². The van der Waals surface area contributed by atoms with E-state index in [0.717, 1.165) is 42.9 Å². The third kappa shape index (κ3) is 10.8. The van der Waals surface area contributed by atoms with Crippen LogP contribution in [0.5, 0.6) is 11.5 Å². The van der Waals surface area contributed by atoms with Gasteiger partial charge in [0.2, 0.25) is 0 Å². The van der Waals surface area contributed by atoms with E-state index in [1.165, 1.54) is 16.7 Å². The Labute approximate surface area is 209 Å². The van der Waals surface area contributed by atoms with E-state index < -0.39 is 0 Å². The summed E-state index contributed by atoms with van der Waals surface area (Å²) in [6.07, 6.45) is 3.68. The molecule has 0 N–H and O–H groups in total. The molecular weight excluding hydrogens is 418 g/mol. The summed E-state index contributed by atoms with van der Waals surface area (Å²) < 4.78 is 10.8. The van der Waals surface area contributed by atoms with Gasteiger partial charge in [-0.15, -0.1) is 0 Å². The van der Waals surface area contributed by atoms with Crippen LogP contribution in [0.15, 0.2) is 85.3 Å². The number of ether oxygens (including phenoxy) is 2. The average Bonchev–Trinajstić information content (AvgIpc) is 2.88. The summed E-state index contributed by atoms with van der Waals surface area (Å²) in [5, 5.41) is 0. The second kappa shape index (κ2) is 17.5. The van der Waals surface area contributed by atoms with Gasteiger partial charge in [-0.1, -0.05) is 84.2 Å². The highest BCUT2D eigenvalue weighted by molar-refractivity contribution is 5.31. The lowest BCUT2D eigenvalue weighted by molar-refractivity contribution is 0.323. The smallest absolute Gasteiger partial charge is 0.126 e. The summed E-state index contributed by atoms with van der Waals surface area (Å²) in [6, 6.07) is 16.7. The first-order chi connectivity index (χ1) is 16.3. The van der Waals surface area contributed by atoms with Gasteiger partial charge in [-0.3, -0.25) is 0 Å². The number of hydrogen-bond donors (Lipinski definition) is 0. The van der Waals surface area contributed by atoms with Crippen molar-refractivity contribution >= 4 is 0 Å². The number of likely N-dealkylation sites (N-methyl/N-ethyl adjacent to an activating group) is 1. The number of methoxy groups -OCH3 is 1. The quantitative estimate of drug-likeness (QED) is 0.231. The number of aryl methyl sites for hydroxylation is 1. The zero-order chi connectivity index (χ0) is 26.1. The van der Waals surface area contributed by atoms with Gasteiger partial charge in [0.15, 0.2) is 0 Å². The van der Waals surface area contributed by atoms with Crippen LogP contribution >= 0.6 is 0 Å². The molecule has 3 nitrogen and oxygen atoms in total. The Morgan fingerprint density at radius 1 is 0.853 bits per heavy atom. The van der Waals surface area contributed by atoms with Crippen LogP contribution in [0.25, 0.3) is 0 Å². The number of nitrogens with zero attached hydrogens (tertiary/aromatic N) is 1. The van der Waals surface area contributed by atoms with Crippen LogP contribution in [0.3, 0.4) is 0 Å². The molecule has 0 amide bonds. The van der Waals surface area contributed by atoms with Crippen molar-refractivity contribution in [3.05, 3.63) is 96.4 Å². The van der Waals surface area contributed by atoms with Crippen LogP contribution in [-0.4, -0.2) is 25.1 Å². The molecule has 2 rings (SSSR count). The molecule has 0 aromatic heterocycles. The molecule has 0 aliphatic heterocycles. The molecule has 2 aromatic rings. The molecule has 0 saturated carbocycles. The molecule has 34 heavy (non-hydrogen) atoms. The van der Waals surface area contributed by atoms with Gasteiger partial charge in [-0.2, -0.15) is 0 Å². The van der Waals surface area contributed by atoms with E-state index in [9.17, 15) is 0 Å². The summed E-state index contributed by atoms with van der Waals surface area (Å²) in [7, 11) is 3.81. The van der Waals surface area contributed by atoms with Crippen LogP contribution in [0.1, 0.15) is 65.5 Å². The molecule has 1 unspecified atom stereocenters. The fourth-order valence-corrected chi connectivity index (χ4v) is 3.39. The SMILES string of the molecule is C=C(C)Oc1ccc(CC(C(=C)CC)N(C)C(=C)CCc2ccc(OC)cc2)cc1.CC.CC. The van der Waals surface area contributed by atoms with Gasteiger partial charge in [-0.25, -0.2) is 0 Å². The zero-order valence-electron chi connectivity index (χ0n) is 22.9. The van der Waals surface area contributed by atoms with Gasteiger partial charge in [0.05, 0.1) is 18.9 Å². The van der Waals surface area contributed by atoms with Gasteiger partial charge in [0.1, 0.15) is 11.5 Å². The number of benzene rings is 2. The van der Waals surface area contributed by atoms with Crippen molar-refractivity contribution in [3.8, 4) is 11.5 Å². The lowest BCUT2D eigenvalue weighted by Gasteiger charge is -2.33. The van der Waals surface area contributed by atoms with E-state index in [1.807, 2.05) is 58.9 Å². The lowest BCUT2D eigenvalue weighted by Crippen LogP contribution is -2.34. The van der Waals surface area contributed by atoms with Crippen LogP contribution in [-0.2, 0) is 12.8 Å². The standard InChI is InChI=1S/C27H35NO2.2C2H6/c1-8-21(4)27(19-24-13-17-26(18-14-24)30-20(2)3)28(6)22(5)9-10-23-11-15-25(29-7)16-12-23;2*1-2/h11-18,27H,2,4-5,8-10,19H2,1,3,6-7H3;2*1-2H3. The van der Waals surface area contributed by atoms with Crippen LogP contribution in [0.4, 0.5) is 0 Å². The van der Waals surface area contributed by atoms with Crippen molar-refractivity contribution in [3.63, 3.8) is 0 Å². The molecule has 0 heterocycles. The third-order valence-corrected chi connectivity index (χ3v) is 5.40. The van der Waals surface area contributed by atoms with Crippen molar-refractivity contribution in [2.24, 2.45) is 0 Å². The summed E-state index contributed by atoms with van der Waals surface area (Å²) in [6.45, 7) is 24.5. The topological polar surface area (TPSA) is 21.7 Å². The zero-order valence-corrected chi connectivity index (χ0v) is 22.9. The number of rotatable bonds is 12. The Kier molecular flexibility index (Phi) is 16.0. The number of hydrogen-bond acceptors (Lipinski definition) is 3. The fourth-order valence-electron chi connectivity index (χ4n) is 3.39. The first kappa shape index (κ1) is 31.1. The molecule has 0 saturated heterocycles. The maximum absolute atomic E-state index is 5.57. The maximum atomic E-state index is 5.57. The molecule has 188 valence electrons. The summed E-state index contributed by atoms with van der Waals surface area (Å²) in [5.41, 5.74) is 4.86. The first-order valence-electron chi connectivity index (χ1n) is 12.5. The second-order valence-corrected chi connectivity index (χ2v) is 7.70. The summed E-state index contributed by atoms with van der Waals surface area (Å²) in [5.74, 6) is 2.39. The minimum atomic E-state index is 0.214. The Hall–Kier alpha value is -2.94. The Bertz CT molecular complexity index is 850. The normalized spacial score (nSPS) is 10.5. The van der Waals surface area contributed by atoms with Crippen molar-refractivity contribution < 1.29 is 9.47 Å². The summed E-state index contributed by atoms with van der Waals surface area (Å²) in [4.78, 5) is 2.29. The van der Waals surface area contributed by atoms with E-state index >= 15 is 0 Å². The molecule has 0 radical (unpaired) electrons. The molecule has 2 aromatic carbocycles. The Morgan fingerprint density at radius 2 is 1.35 bits per heavy atom. The lowest BCUT2D eigenvalue weighted by atomic mass is 9.96. The fraction of sp³-hybridized carbons (Fsp3) is 0.419. The van der Waals surface area contributed by atoms with Crippen LogP contribution in [0.2, 0.25) is 0 Å². The highest BCUT2D eigenvalue weighted by Crippen LogP contribution is 2.24. The van der Waals surface area contributed by atoms with Gasteiger partial charge >= 0.3 is 0 Å². The molecular formula is C31H47NO2. The van der Waals surface area contributed by atoms with Crippen molar-refractivity contribution in [1.29, 1.82) is 0 Å². The van der Waals surface area contributed by atoms with Crippen molar-refractivity contribution in [2.45, 2.75) is 73.3 Å². The maximum Gasteiger partial charge on any atom is 0.126 e. The third-order valence-electron chi connectivity index (χ3n) is 5.40. The minimum absolute atomic E-state index is 0.214. The van der Waals surface area contributed by atoms with E-state index in [2.05, 4.69) is 62.9 Å². The number of allylic oxidation sites excluding steroid dienone is 2.